The van der Waals surface area contributed by atoms with Crippen LogP contribution in [0.3, 0.4) is 0 Å². The number of amides is 1. The molecule has 2 N–H and O–H groups in total. The summed E-state index contributed by atoms with van der Waals surface area (Å²) < 4.78 is 0. The number of hydrogen-bond donors (Lipinski definition) is 2. The van der Waals surface area contributed by atoms with Crippen molar-refractivity contribution in [3.05, 3.63) is 62.7 Å². The molecule has 2 aromatic rings. The van der Waals surface area contributed by atoms with Crippen LogP contribution in [0.1, 0.15) is 42.1 Å². The van der Waals surface area contributed by atoms with Crippen LogP contribution in [0.5, 0.6) is 5.75 Å². The zero-order chi connectivity index (χ0) is 17.9. The standard InChI is InChI=1S/C17H17ClN2O4/c1-3-10(2)11-4-7-16(21)15(8-11)19-17(22)13-6-5-12(20(23)24)9-14(13)18/h4-10,21H,3H2,1-2H3,(H,19,22). The number of carbonyl (C=O) groups is 1. The van der Waals surface area contributed by atoms with E-state index in [1.54, 1.807) is 12.1 Å². The first-order valence-electron chi connectivity index (χ1n) is 7.41. The molecule has 2 rings (SSSR count). The molecule has 0 aliphatic carbocycles. The van der Waals surface area contributed by atoms with Gasteiger partial charge in [0, 0.05) is 12.1 Å². The number of anilines is 1. The fourth-order valence-electron chi connectivity index (χ4n) is 2.19. The fourth-order valence-corrected chi connectivity index (χ4v) is 2.45. The molecule has 1 atom stereocenters. The molecule has 24 heavy (non-hydrogen) atoms. The van der Waals surface area contributed by atoms with Gasteiger partial charge in [0.05, 0.1) is 21.2 Å². The Bertz CT molecular complexity index is 792. The second kappa shape index (κ2) is 7.31. The molecule has 2 aromatic carbocycles. The maximum absolute atomic E-state index is 12.3. The molecule has 0 fully saturated rings. The van der Waals surface area contributed by atoms with E-state index in [-0.39, 0.29) is 33.6 Å². The van der Waals surface area contributed by atoms with E-state index in [1.807, 2.05) is 13.8 Å². The van der Waals surface area contributed by atoms with Crippen molar-refractivity contribution < 1.29 is 14.8 Å². The molecule has 0 spiro atoms. The number of phenols is 1. The fraction of sp³-hybridized carbons (Fsp3) is 0.235. The van der Waals surface area contributed by atoms with Gasteiger partial charge in [-0.1, -0.05) is 31.5 Å². The van der Waals surface area contributed by atoms with Crippen LogP contribution in [0.25, 0.3) is 0 Å². The third kappa shape index (κ3) is 3.83. The average Bonchev–Trinajstić information content (AvgIpc) is 2.55. The van der Waals surface area contributed by atoms with Crippen LogP contribution >= 0.6 is 11.6 Å². The van der Waals surface area contributed by atoms with Crippen LogP contribution in [0.2, 0.25) is 5.02 Å². The van der Waals surface area contributed by atoms with Crippen molar-refractivity contribution in [3.8, 4) is 5.75 Å². The van der Waals surface area contributed by atoms with E-state index in [0.717, 1.165) is 18.1 Å². The second-order valence-electron chi connectivity index (χ2n) is 5.46. The highest BCUT2D eigenvalue weighted by Crippen LogP contribution is 2.30. The maximum Gasteiger partial charge on any atom is 0.270 e. The Hall–Kier alpha value is -2.60. The van der Waals surface area contributed by atoms with E-state index in [4.69, 9.17) is 11.6 Å². The number of non-ortho nitro benzene ring substituents is 1. The Morgan fingerprint density at radius 1 is 1.33 bits per heavy atom. The van der Waals surface area contributed by atoms with Gasteiger partial charge in [-0.05, 0) is 36.1 Å². The van der Waals surface area contributed by atoms with Crippen molar-refractivity contribution in [1.29, 1.82) is 0 Å². The highest BCUT2D eigenvalue weighted by Gasteiger charge is 2.17. The molecule has 0 saturated carbocycles. The normalized spacial score (nSPS) is 11.8. The van der Waals surface area contributed by atoms with Crippen LogP contribution in [-0.4, -0.2) is 15.9 Å². The predicted molar refractivity (Wildman–Crippen MR) is 92.9 cm³/mol. The minimum atomic E-state index is -0.588. The summed E-state index contributed by atoms with van der Waals surface area (Å²) in [6.45, 7) is 4.09. The van der Waals surface area contributed by atoms with Crippen molar-refractivity contribution in [3.63, 3.8) is 0 Å². The lowest BCUT2D eigenvalue weighted by Gasteiger charge is -2.13. The van der Waals surface area contributed by atoms with E-state index < -0.39 is 10.8 Å². The highest BCUT2D eigenvalue weighted by atomic mass is 35.5. The van der Waals surface area contributed by atoms with Gasteiger partial charge < -0.3 is 10.4 Å². The van der Waals surface area contributed by atoms with E-state index in [0.29, 0.717) is 0 Å². The smallest absolute Gasteiger partial charge is 0.270 e. The monoisotopic (exact) mass is 348 g/mol. The van der Waals surface area contributed by atoms with E-state index in [2.05, 4.69) is 5.32 Å². The van der Waals surface area contributed by atoms with Crippen LogP contribution in [0.4, 0.5) is 11.4 Å². The van der Waals surface area contributed by atoms with Gasteiger partial charge in [0.15, 0.2) is 0 Å². The average molecular weight is 349 g/mol. The minimum absolute atomic E-state index is 0.0285. The molecular formula is C17H17ClN2O4. The number of phenolic OH excluding ortho intramolecular Hbond substituents is 1. The Labute approximate surface area is 144 Å². The van der Waals surface area contributed by atoms with E-state index >= 15 is 0 Å². The molecule has 0 heterocycles. The van der Waals surface area contributed by atoms with Gasteiger partial charge >= 0.3 is 0 Å². The first-order valence-corrected chi connectivity index (χ1v) is 7.79. The Balaban J connectivity index is 2.28. The summed E-state index contributed by atoms with van der Waals surface area (Å²) >= 11 is 5.95. The number of nitrogens with zero attached hydrogens (tertiary/aromatic N) is 1. The Morgan fingerprint density at radius 3 is 2.62 bits per heavy atom. The van der Waals surface area contributed by atoms with Gasteiger partial charge in [-0.25, -0.2) is 0 Å². The summed E-state index contributed by atoms with van der Waals surface area (Å²) in [6, 6.07) is 8.64. The second-order valence-corrected chi connectivity index (χ2v) is 5.87. The quantitative estimate of drug-likeness (QED) is 0.464. The topological polar surface area (TPSA) is 92.5 Å². The molecule has 1 unspecified atom stereocenters. The molecule has 0 radical (unpaired) electrons. The van der Waals surface area contributed by atoms with E-state index in [9.17, 15) is 20.0 Å². The van der Waals surface area contributed by atoms with Crippen LogP contribution in [0, 0.1) is 10.1 Å². The molecule has 0 saturated heterocycles. The zero-order valence-electron chi connectivity index (χ0n) is 13.2. The molecule has 6 nitrogen and oxygen atoms in total. The maximum atomic E-state index is 12.3. The Morgan fingerprint density at radius 2 is 2.04 bits per heavy atom. The number of benzene rings is 2. The van der Waals surface area contributed by atoms with Crippen molar-refractivity contribution in [2.75, 3.05) is 5.32 Å². The number of nitrogens with one attached hydrogen (secondary N) is 1. The lowest BCUT2D eigenvalue weighted by atomic mass is 9.98. The predicted octanol–water partition coefficient (Wildman–Crippen LogP) is 4.72. The molecule has 0 aliphatic heterocycles. The lowest BCUT2D eigenvalue weighted by Crippen LogP contribution is -2.13. The number of rotatable bonds is 5. The number of halogens is 1. The van der Waals surface area contributed by atoms with Crippen molar-refractivity contribution in [2.45, 2.75) is 26.2 Å². The minimum Gasteiger partial charge on any atom is -0.506 e. The zero-order valence-corrected chi connectivity index (χ0v) is 14.0. The van der Waals surface area contributed by atoms with Gasteiger partial charge in [-0.15, -0.1) is 0 Å². The first kappa shape index (κ1) is 17.7. The summed E-state index contributed by atoms with van der Waals surface area (Å²) in [5.74, 6) is -0.329. The van der Waals surface area contributed by atoms with Crippen LogP contribution in [-0.2, 0) is 0 Å². The van der Waals surface area contributed by atoms with Crippen molar-refractivity contribution in [1.82, 2.24) is 0 Å². The molecule has 7 heteroatoms. The summed E-state index contributed by atoms with van der Waals surface area (Å²) in [4.78, 5) is 22.5. The van der Waals surface area contributed by atoms with Crippen molar-refractivity contribution >= 4 is 28.9 Å². The van der Waals surface area contributed by atoms with Crippen molar-refractivity contribution in [2.24, 2.45) is 0 Å². The number of nitro groups is 1. The molecule has 0 aromatic heterocycles. The number of nitro benzene ring substituents is 1. The molecule has 126 valence electrons. The summed E-state index contributed by atoms with van der Waals surface area (Å²) in [5, 5.41) is 23.2. The van der Waals surface area contributed by atoms with Crippen LogP contribution < -0.4 is 5.32 Å². The number of hydrogen-bond acceptors (Lipinski definition) is 4. The Kier molecular flexibility index (Phi) is 5.41. The highest BCUT2D eigenvalue weighted by molar-refractivity contribution is 6.34. The summed E-state index contributed by atoms with van der Waals surface area (Å²) in [7, 11) is 0. The van der Waals surface area contributed by atoms with Gasteiger partial charge in [0.25, 0.3) is 11.6 Å². The molecule has 1 amide bonds. The number of aromatic hydroxyl groups is 1. The third-order valence-corrected chi connectivity index (χ3v) is 4.17. The first-order chi connectivity index (χ1) is 11.3. The van der Waals surface area contributed by atoms with Gasteiger partial charge in [-0.3, -0.25) is 14.9 Å². The SMILES string of the molecule is CCC(C)c1ccc(O)c(NC(=O)c2ccc([N+](=O)[O-])cc2Cl)c1. The van der Waals surface area contributed by atoms with Gasteiger partial charge in [0.2, 0.25) is 0 Å². The largest absolute Gasteiger partial charge is 0.506 e. The molecule has 0 bridgehead atoms. The number of carbonyl (C=O) groups excluding carboxylic acids is 1. The van der Waals surface area contributed by atoms with Gasteiger partial charge in [0.1, 0.15) is 5.75 Å². The summed E-state index contributed by atoms with van der Waals surface area (Å²) in [5.41, 5.74) is 1.15. The van der Waals surface area contributed by atoms with Crippen LogP contribution in [0.15, 0.2) is 36.4 Å². The molecular weight excluding hydrogens is 332 g/mol. The van der Waals surface area contributed by atoms with E-state index in [1.165, 1.54) is 18.2 Å². The summed E-state index contributed by atoms with van der Waals surface area (Å²) in [6.07, 6.45) is 0.923. The lowest BCUT2D eigenvalue weighted by molar-refractivity contribution is -0.384. The third-order valence-electron chi connectivity index (χ3n) is 3.86. The van der Waals surface area contributed by atoms with Gasteiger partial charge in [-0.2, -0.15) is 0 Å². The molecule has 0 aliphatic rings.